The van der Waals surface area contributed by atoms with Gasteiger partial charge in [-0.3, -0.25) is 9.59 Å². The van der Waals surface area contributed by atoms with Crippen molar-refractivity contribution in [2.24, 2.45) is 0 Å². The maximum atomic E-state index is 11.9. The topological polar surface area (TPSA) is 58.2 Å². The highest BCUT2D eigenvalue weighted by molar-refractivity contribution is 6.35. The maximum absolute atomic E-state index is 11.9. The Morgan fingerprint density at radius 1 is 0.955 bits per heavy atom. The second-order valence-electron chi connectivity index (χ2n) is 4.37. The summed E-state index contributed by atoms with van der Waals surface area (Å²) < 4.78 is 0. The number of carbonyl (C=O) groups excluding carboxylic acids is 2. The summed E-state index contributed by atoms with van der Waals surface area (Å²) in [6.07, 6.45) is 0. The van der Waals surface area contributed by atoms with Gasteiger partial charge in [-0.1, -0.05) is 40.9 Å². The van der Waals surface area contributed by atoms with Crippen LogP contribution < -0.4 is 10.6 Å². The molecule has 0 unspecified atom stereocenters. The first-order valence-corrected chi connectivity index (χ1v) is 7.38. The summed E-state index contributed by atoms with van der Waals surface area (Å²) in [6.45, 7) is -0.200. The van der Waals surface area contributed by atoms with Crippen LogP contribution in [-0.4, -0.2) is 18.4 Å². The molecule has 0 saturated heterocycles. The van der Waals surface area contributed by atoms with Crippen molar-refractivity contribution >= 4 is 52.3 Å². The molecule has 22 heavy (non-hydrogen) atoms. The van der Waals surface area contributed by atoms with E-state index >= 15 is 0 Å². The van der Waals surface area contributed by atoms with Gasteiger partial charge in [0.1, 0.15) is 0 Å². The third kappa shape index (κ3) is 4.63. The molecule has 114 valence electrons. The van der Waals surface area contributed by atoms with Gasteiger partial charge in [0.05, 0.1) is 17.3 Å². The van der Waals surface area contributed by atoms with Crippen LogP contribution in [0.3, 0.4) is 0 Å². The molecule has 0 aromatic heterocycles. The molecule has 0 aliphatic carbocycles. The predicted octanol–water partition coefficient (Wildman–Crippen LogP) is 4.02. The lowest BCUT2D eigenvalue weighted by molar-refractivity contribution is -0.115. The van der Waals surface area contributed by atoms with Crippen molar-refractivity contribution in [3.63, 3.8) is 0 Å². The van der Waals surface area contributed by atoms with E-state index in [1.807, 2.05) is 0 Å². The Balaban J connectivity index is 1.93. The first-order valence-electron chi connectivity index (χ1n) is 6.24. The third-order valence-electron chi connectivity index (χ3n) is 2.70. The highest BCUT2D eigenvalue weighted by Crippen LogP contribution is 2.25. The molecule has 0 saturated carbocycles. The van der Waals surface area contributed by atoms with Gasteiger partial charge in [0.2, 0.25) is 5.91 Å². The van der Waals surface area contributed by atoms with E-state index < -0.39 is 11.8 Å². The standard InChI is InChI=1S/C15H11Cl3N2O2/c16-10-3-1-2-9(6-10)15(22)19-8-14(21)20-13-7-11(17)4-5-12(13)18/h1-7H,8H2,(H,19,22)(H,20,21). The number of anilines is 1. The summed E-state index contributed by atoms with van der Waals surface area (Å²) in [4.78, 5) is 23.7. The van der Waals surface area contributed by atoms with Crippen LogP contribution >= 0.6 is 34.8 Å². The summed E-state index contributed by atoms with van der Waals surface area (Å²) >= 11 is 17.6. The van der Waals surface area contributed by atoms with Crippen LogP contribution in [0.5, 0.6) is 0 Å². The number of nitrogens with one attached hydrogen (secondary N) is 2. The Labute approximate surface area is 142 Å². The van der Waals surface area contributed by atoms with Crippen LogP contribution in [0, 0.1) is 0 Å². The number of halogens is 3. The van der Waals surface area contributed by atoms with E-state index in [0.29, 0.717) is 26.3 Å². The van der Waals surface area contributed by atoms with Gasteiger partial charge in [0, 0.05) is 15.6 Å². The maximum Gasteiger partial charge on any atom is 0.251 e. The fourth-order valence-corrected chi connectivity index (χ4v) is 2.21. The smallest absolute Gasteiger partial charge is 0.251 e. The van der Waals surface area contributed by atoms with E-state index in [1.54, 1.807) is 30.3 Å². The number of rotatable bonds is 4. The van der Waals surface area contributed by atoms with Crippen molar-refractivity contribution in [3.8, 4) is 0 Å². The summed E-state index contributed by atoms with van der Waals surface area (Å²) in [6, 6.07) is 11.1. The minimum absolute atomic E-state index is 0.200. The van der Waals surface area contributed by atoms with Crippen molar-refractivity contribution in [3.05, 3.63) is 63.1 Å². The van der Waals surface area contributed by atoms with Crippen LogP contribution in [0.15, 0.2) is 42.5 Å². The summed E-state index contributed by atoms with van der Waals surface area (Å²) in [5.41, 5.74) is 0.761. The van der Waals surface area contributed by atoms with E-state index in [-0.39, 0.29) is 6.54 Å². The molecule has 7 heteroatoms. The average Bonchev–Trinajstić information content (AvgIpc) is 2.48. The molecule has 0 aliphatic heterocycles. The van der Waals surface area contributed by atoms with Crippen LogP contribution in [0.4, 0.5) is 5.69 Å². The molecule has 2 aromatic rings. The molecule has 0 spiro atoms. The van der Waals surface area contributed by atoms with E-state index in [1.165, 1.54) is 12.1 Å². The van der Waals surface area contributed by atoms with Crippen LogP contribution in [0.2, 0.25) is 15.1 Å². The number of carbonyl (C=O) groups is 2. The summed E-state index contributed by atoms with van der Waals surface area (Å²) in [5.74, 6) is -0.811. The van der Waals surface area contributed by atoms with Crippen molar-refractivity contribution in [2.75, 3.05) is 11.9 Å². The largest absolute Gasteiger partial charge is 0.343 e. The fraction of sp³-hybridized carbons (Fsp3) is 0.0667. The second kappa shape index (κ2) is 7.49. The zero-order chi connectivity index (χ0) is 16.1. The van der Waals surface area contributed by atoms with Gasteiger partial charge in [-0.15, -0.1) is 0 Å². The van der Waals surface area contributed by atoms with Gasteiger partial charge in [-0.05, 0) is 36.4 Å². The molecule has 0 fully saturated rings. The van der Waals surface area contributed by atoms with Gasteiger partial charge in [-0.25, -0.2) is 0 Å². The molecule has 2 N–H and O–H groups in total. The van der Waals surface area contributed by atoms with Gasteiger partial charge >= 0.3 is 0 Å². The molecular weight excluding hydrogens is 347 g/mol. The lowest BCUT2D eigenvalue weighted by atomic mass is 10.2. The highest BCUT2D eigenvalue weighted by Gasteiger charge is 2.10. The number of hydrogen-bond acceptors (Lipinski definition) is 2. The summed E-state index contributed by atoms with van der Waals surface area (Å²) in [5, 5.41) is 6.32. The van der Waals surface area contributed by atoms with Gasteiger partial charge in [0.15, 0.2) is 0 Å². The van der Waals surface area contributed by atoms with Crippen molar-refractivity contribution < 1.29 is 9.59 Å². The Morgan fingerprint density at radius 3 is 2.41 bits per heavy atom. The minimum atomic E-state index is -0.417. The second-order valence-corrected chi connectivity index (χ2v) is 5.65. The first-order chi connectivity index (χ1) is 10.5. The molecule has 0 atom stereocenters. The van der Waals surface area contributed by atoms with Crippen LogP contribution in [-0.2, 0) is 4.79 Å². The molecule has 2 aromatic carbocycles. The zero-order valence-electron chi connectivity index (χ0n) is 11.2. The Morgan fingerprint density at radius 2 is 1.68 bits per heavy atom. The highest BCUT2D eigenvalue weighted by atomic mass is 35.5. The number of benzene rings is 2. The SMILES string of the molecule is O=C(CNC(=O)c1cccc(Cl)c1)Nc1cc(Cl)ccc1Cl. The predicted molar refractivity (Wildman–Crippen MR) is 88.9 cm³/mol. The monoisotopic (exact) mass is 356 g/mol. The third-order valence-corrected chi connectivity index (χ3v) is 3.50. The Hall–Kier alpha value is -1.75. The number of hydrogen-bond donors (Lipinski definition) is 2. The molecule has 0 aliphatic rings. The van der Waals surface area contributed by atoms with Gasteiger partial charge < -0.3 is 10.6 Å². The van der Waals surface area contributed by atoms with E-state index in [9.17, 15) is 9.59 Å². The van der Waals surface area contributed by atoms with Crippen LogP contribution in [0.25, 0.3) is 0 Å². The van der Waals surface area contributed by atoms with E-state index in [4.69, 9.17) is 34.8 Å². The first kappa shape index (κ1) is 16.6. The van der Waals surface area contributed by atoms with E-state index in [2.05, 4.69) is 10.6 Å². The zero-order valence-corrected chi connectivity index (χ0v) is 13.5. The quantitative estimate of drug-likeness (QED) is 0.868. The van der Waals surface area contributed by atoms with E-state index in [0.717, 1.165) is 0 Å². The Kier molecular flexibility index (Phi) is 5.66. The molecule has 0 heterocycles. The molecule has 0 bridgehead atoms. The molecule has 0 radical (unpaired) electrons. The molecule has 2 rings (SSSR count). The Bertz CT molecular complexity index is 720. The van der Waals surface area contributed by atoms with Crippen molar-refractivity contribution in [2.45, 2.75) is 0 Å². The molecule has 4 nitrogen and oxygen atoms in total. The van der Waals surface area contributed by atoms with Crippen LogP contribution in [0.1, 0.15) is 10.4 Å². The number of amides is 2. The summed E-state index contributed by atoms with van der Waals surface area (Å²) in [7, 11) is 0. The lowest BCUT2D eigenvalue weighted by Gasteiger charge is -2.09. The molecule has 2 amide bonds. The normalized spacial score (nSPS) is 10.1. The van der Waals surface area contributed by atoms with Gasteiger partial charge in [-0.2, -0.15) is 0 Å². The van der Waals surface area contributed by atoms with Crippen molar-refractivity contribution in [1.82, 2.24) is 5.32 Å². The van der Waals surface area contributed by atoms with Crippen molar-refractivity contribution in [1.29, 1.82) is 0 Å². The van der Waals surface area contributed by atoms with Gasteiger partial charge in [0.25, 0.3) is 5.91 Å². The molecular formula is C15H11Cl3N2O2. The lowest BCUT2D eigenvalue weighted by Crippen LogP contribution is -2.32. The minimum Gasteiger partial charge on any atom is -0.343 e. The average molecular weight is 358 g/mol. The fourth-order valence-electron chi connectivity index (χ4n) is 1.68.